The van der Waals surface area contributed by atoms with Gasteiger partial charge in [0.25, 0.3) is 0 Å². The first-order valence-corrected chi connectivity index (χ1v) is 7.40. The van der Waals surface area contributed by atoms with Crippen LogP contribution >= 0.6 is 27.3 Å². The number of rotatable bonds is 3. The van der Waals surface area contributed by atoms with Crippen molar-refractivity contribution in [2.24, 2.45) is 5.92 Å². The molecule has 0 radical (unpaired) electrons. The summed E-state index contributed by atoms with van der Waals surface area (Å²) in [5.74, 6) is 0.983. The predicted molar refractivity (Wildman–Crippen MR) is 70.3 cm³/mol. The number of halogens is 1. The molecule has 1 saturated heterocycles. The molecule has 1 aromatic heterocycles. The van der Waals surface area contributed by atoms with E-state index in [4.69, 9.17) is 0 Å². The Kier molecular flexibility index (Phi) is 4.23. The quantitative estimate of drug-likeness (QED) is 0.808. The molecular weight excluding hydrogens is 270 g/mol. The summed E-state index contributed by atoms with van der Waals surface area (Å²) >= 11 is 5.37. The third-order valence-corrected chi connectivity index (χ3v) is 4.97. The standard InChI is InChI=1S/C12H18BrNS/c1-2-10-3-5-14(6-4-10)8-12-7-11(13)9-15-12/h7,9-10H,2-6,8H2,1H3. The van der Waals surface area contributed by atoms with Crippen LogP contribution in [-0.2, 0) is 6.54 Å². The lowest BCUT2D eigenvalue weighted by atomic mass is 9.94. The van der Waals surface area contributed by atoms with Crippen LogP contribution in [0.25, 0.3) is 0 Å². The normalized spacial score (nSPS) is 19.6. The van der Waals surface area contributed by atoms with Gasteiger partial charge in [0.05, 0.1) is 0 Å². The van der Waals surface area contributed by atoms with Crippen molar-refractivity contribution in [1.82, 2.24) is 4.90 Å². The van der Waals surface area contributed by atoms with Gasteiger partial charge >= 0.3 is 0 Å². The van der Waals surface area contributed by atoms with Crippen molar-refractivity contribution in [2.75, 3.05) is 13.1 Å². The van der Waals surface area contributed by atoms with Crippen LogP contribution in [0.3, 0.4) is 0 Å². The smallest absolute Gasteiger partial charge is 0.0328 e. The summed E-state index contributed by atoms with van der Waals surface area (Å²) in [4.78, 5) is 4.07. The van der Waals surface area contributed by atoms with E-state index in [2.05, 4.69) is 39.2 Å². The van der Waals surface area contributed by atoms with E-state index in [0.29, 0.717) is 0 Å². The van der Waals surface area contributed by atoms with E-state index in [9.17, 15) is 0 Å². The van der Waals surface area contributed by atoms with Crippen molar-refractivity contribution in [3.8, 4) is 0 Å². The van der Waals surface area contributed by atoms with Gasteiger partial charge in [-0.3, -0.25) is 4.90 Å². The Labute approximate surface area is 105 Å². The first kappa shape index (κ1) is 11.6. The van der Waals surface area contributed by atoms with Gasteiger partial charge in [0.1, 0.15) is 0 Å². The Bertz CT molecular complexity index is 302. The van der Waals surface area contributed by atoms with Gasteiger partial charge < -0.3 is 0 Å². The van der Waals surface area contributed by atoms with Crippen LogP contribution < -0.4 is 0 Å². The highest BCUT2D eigenvalue weighted by Gasteiger charge is 2.17. The highest BCUT2D eigenvalue weighted by Crippen LogP contribution is 2.25. The average Bonchev–Trinajstić information content (AvgIpc) is 2.65. The molecule has 0 spiro atoms. The van der Waals surface area contributed by atoms with Crippen molar-refractivity contribution in [2.45, 2.75) is 32.7 Å². The summed E-state index contributed by atoms with van der Waals surface area (Å²) in [5, 5.41) is 2.17. The van der Waals surface area contributed by atoms with Crippen LogP contribution in [-0.4, -0.2) is 18.0 Å². The predicted octanol–water partition coefficient (Wildman–Crippen LogP) is 4.13. The maximum atomic E-state index is 3.51. The SMILES string of the molecule is CCC1CCN(Cc2cc(Br)cs2)CC1. The summed E-state index contributed by atoms with van der Waals surface area (Å²) in [6, 6.07) is 2.25. The van der Waals surface area contributed by atoms with Crippen LogP contribution in [0.2, 0.25) is 0 Å². The molecular formula is C12H18BrNS. The largest absolute Gasteiger partial charge is 0.298 e. The molecule has 2 heterocycles. The Morgan fingerprint density at radius 2 is 2.20 bits per heavy atom. The third-order valence-electron chi connectivity index (χ3n) is 3.29. The van der Waals surface area contributed by atoms with E-state index in [-0.39, 0.29) is 0 Å². The molecule has 84 valence electrons. The van der Waals surface area contributed by atoms with Gasteiger partial charge in [-0.2, -0.15) is 0 Å². The first-order valence-electron chi connectivity index (χ1n) is 5.73. The monoisotopic (exact) mass is 287 g/mol. The molecule has 2 rings (SSSR count). The van der Waals surface area contributed by atoms with Crippen molar-refractivity contribution in [1.29, 1.82) is 0 Å². The minimum absolute atomic E-state index is 0.983. The van der Waals surface area contributed by atoms with E-state index >= 15 is 0 Å². The van der Waals surface area contributed by atoms with E-state index in [1.165, 1.54) is 41.7 Å². The number of likely N-dealkylation sites (tertiary alicyclic amines) is 1. The molecule has 1 aliphatic rings. The molecule has 0 unspecified atom stereocenters. The zero-order valence-electron chi connectivity index (χ0n) is 9.21. The minimum Gasteiger partial charge on any atom is -0.298 e. The van der Waals surface area contributed by atoms with E-state index in [0.717, 1.165) is 12.5 Å². The van der Waals surface area contributed by atoms with Crippen molar-refractivity contribution in [3.05, 3.63) is 20.8 Å². The number of hydrogen-bond acceptors (Lipinski definition) is 2. The fourth-order valence-corrected chi connectivity index (χ4v) is 3.70. The fraction of sp³-hybridized carbons (Fsp3) is 0.667. The molecule has 0 bridgehead atoms. The van der Waals surface area contributed by atoms with Gasteiger partial charge in [-0.15, -0.1) is 11.3 Å². The van der Waals surface area contributed by atoms with E-state index in [1.807, 2.05) is 11.3 Å². The van der Waals surface area contributed by atoms with Gasteiger partial charge in [0.15, 0.2) is 0 Å². The van der Waals surface area contributed by atoms with Crippen molar-refractivity contribution >= 4 is 27.3 Å². The molecule has 0 amide bonds. The molecule has 1 nitrogen and oxygen atoms in total. The Balaban J connectivity index is 1.82. The zero-order valence-corrected chi connectivity index (χ0v) is 11.6. The number of nitrogens with zero attached hydrogens (tertiary/aromatic N) is 1. The molecule has 0 atom stereocenters. The summed E-state index contributed by atoms with van der Waals surface area (Å²) in [6.07, 6.45) is 4.14. The molecule has 0 aromatic carbocycles. The van der Waals surface area contributed by atoms with Crippen LogP contribution in [0.5, 0.6) is 0 Å². The molecule has 15 heavy (non-hydrogen) atoms. The van der Waals surface area contributed by atoms with Gasteiger partial charge in [0.2, 0.25) is 0 Å². The van der Waals surface area contributed by atoms with E-state index < -0.39 is 0 Å². The number of thiophene rings is 1. The Morgan fingerprint density at radius 3 is 2.73 bits per heavy atom. The van der Waals surface area contributed by atoms with Crippen LogP contribution in [0.4, 0.5) is 0 Å². The molecule has 0 N–H and O–H groups in total. The Morgan fingerprint density at radius 1 is 1.47 bits per heavy atom. The molecule has 1 aliphatic heterocycles. The van der Waals surface area contributed by atoms with Crippen LogP contribution in [0.1, 0.15) is 31.1 Å². The highest BCUT2D eigenvalue weighted by atomic mass is 79.9. The molecule has 0 saturated carbocycles. The second-order valence-corrected chi connectivity index (χ2v) is 6.27. The summed E-state index contributed by atoms with van der Waals surface area (Å²) < 4.78 is 1.23. The second kappa shape index (κ2) is 5.46. The third kappa shape index (κ3) is 3.30. The average molecular weight is 288 g/mol. The minimum atomic E-state index is 0.983. The summed E-state index contributed by atoms with van der Waals surface area (Å²) in [5.41, 5.74) is 0. The Hall–Kier alpha value is 0.140. The maximum Gasteiger partial charge on any atom is 0.0328 e. The second-order valence-electron chi connectivity index (χ2n) is 4.36. The van der Waals surface area contributed by atoms with E-state index in [1.54, 1.807) is 0 Å². The first-order chi connectivity index (χ1) is 7.28. The van der Waals surface area contributed by atoms with Gasteiger partial charge in [0, 0.05) is 21.3 Å². The van der Waals surface area contributed by atoms with Gasteiger partial charge in [-0.1, -0.05) is 13.3 Å². The van der Waals surface area contributed by atoms with Gasteiger partial charge in [-0.05, 0) is 53.8 Å². The maximum absolute atomic E-state index is 3.51. The number of hydrogen-bond donors (Lipinski definition) is 0. The van der Waals surface area contributed by atoms with Crippen molar-refractivity contribution in [3.63, 3.8) is 0 Å². The lowest BCUT2D eigenvalue weighted by Gasteiger charge is -2.30. The summed E-state index contributed by atoms with van der Waals surface area (Å²) in [6.45, 7) is 6.03. The van der Waals surface area contributed by atoms with Crippen LogP contribution in [0.15, 0.2) is 15.9 Å². The summed E-state index contributed by atoms with van der Waals surface area (Å²) in [7, 11) is 0. The molecule has 1 aromatic rings. The van der Waals surface area contributed by atoms with Crippen molar-refractivity contribution < 1.29 is 0 Å². The fourth-order valence-electron chi connectivity index (χ4n) is 2.21. The van der Waals surface area contributed by atoms with Crippen LogP contribution in [0, 0.1) is 5.92 Å². The number of piperidine rings is 1. The molecule has 1 fully saturated rings. The van der Waals surface area contributed by atoms with Gasteiger partial charge in [-0.25, -0.2) is 0 Å². The lowest BCUT2D eigenvalue weighted by Crippen LogP contribution is -2.32. The topological polar surface area (TPSA) is 3.24 Å². The zero-order chi connectivity index (χ0) is 10.7. The highest BCUT2D eigenvalue weighted by molar-refractivity contribution is 9.10. The molecule has 3 heteroatoms. The lowest BCUT2D eigenvalue weighted by molar-refractivity contribution is 0.176. The molecule has 0 aliphatic carbocycles.